The second kappa shape index (κ2) is 11.2. The highest BCUT2D eigenvalue weighted by Gasteiger charge is 2.40. The molecule has 0 aromatic heterocycles. The zero-order valence-electron chi connectivity index (χ0n) is 19.4. The van der Waals surface area contributed by atoms with Crippen LogP contribution in [0.25, 0.3) is 0 Å². The monoisotopic (exact) mass is 474 g/mol. The number of hydrogen-bond acceptors (Lipinski definition) is 6. The third-order valence-corrected chi connectivity index (χ3v) is 7.73. The molecule has 7 heteroatoms. The summed E-state index contributed by atoms with van der Waals surface area (Å²) in [6.45, 7) is 6.17. The third-order valence-electron chi connectivity index (χ3n) is 7.14. The second-order valence-electron chi connectivity index (χ2n) is 9.48. The van der Waals surface area contributed by atoms with Crippen molar-refractivity contribution < 1.29 is 18.7 Å². The number of hydrogen-bond donors (Lipinski definition) is 1. The molecule has 1 saturated carbocycles. The Morgan fingerprint density at radius 2 is 1.85 bits per heavy atom. The molecule has 2 heterocycles. The first-order chi connectivity index (χ1) is 16.0. The Balaban J connectivity index is 1.41. The van der Waals surface area contributed by atoms with Gasteiger partial charge in [-0.15, -0.1) is 0 Å². The standard InChI is InChI=1S/C26H35FN2O3S/c1-2-32-26(31)19-9-13-28(14-10-19)15-11-20-17-29(16-12-23(20)33)24(25(30)18-7-8-18)21-5-3-4-6-22(21)27/h3-6,11,18-19,23-24,33H,2,7-10,12-17H2,1H3/b20-11-. The lowest BCUT2D eigenvalue weighted by Crippen LogP contribution is -2.43. The summed E-state index contributed by atoms with van der Waals surface area (Å²) >= 11 is 4.81. The van der Waals surface area contributed by atoms with E-state index >= 15 is 0 Å². The molecule has 0 N–H and O–H groups in total. The van der Waals surface area contributed by atoms with Gasteiger partial charge in [-0.05, 0) is 63.8 Å². The number of nitrogens with zero attached hydrogens (tertiary/aromatic N) is 2. The molecular formula is C26H35FN2O3S. The minimum absolute atomic E-state index is 0.00613. The summed E-state index contributed by atoms with van der Waals surface area (Å²) in [6.07, 6.45) is 6.54. The van der Waals surface area contributed by atoms with Crippen LogP contribution in [0.3, 0.4) is 0 Å². The van der Waals surface area contributed by atoms with E-state index in [1.807, 2.05) is 13.0 Å². The molecule has 1 aromatic rings. The molecule has 1 aromatic carbocycles. The van der Waals surface area contributed by atoms with Crippen LogP contribution >= 0.6 is 12.6 Å². The number of ether oxygens (including phenoxy) is 1. The number of carbonyl (C=O) groups is 2. The highest BCUT2D eigenvalue weighted by molar-refractivity contribution is 7.81. The van der Waals surface area contributed by atoms with Crippen LogP contribution in [0.4, 0.5) is 4.39 Å². The summed E-state index contributed by atoms with van der Waals surface area (Å²) in [5.74, 6) is -0.158. The Morgan fingerprint density at radius 1 is 1.12 bits per heavy atom. The summed E-state index contributed by atoms with van der Waals surface area (Å²) in [7, 11) is 0. The minimum atomic E-state index is -0.525. The van der Waals surface area contributed by atoms with Gasteiger partial charge >= 0.3 is 5.97 Å². The smallest absolute Gasteiger partial charge is 0.309 e. The van der Waals surface area contributed by atoms with Crippen LogP contribution in [0, 0.1) is 17.7 Å². The fourth-order valence-corrected chi connectivity index (χ4v) is 5.29. The van der Waals surface area contributed by atoms with Gasteiger partial charge in [-0.25, -0.2) is 4.39 Å². The lowest BCUT2D eigenvalue weighted by atomic mass is 9.93. The van der Waals surface area contributed by atoms with Crippen molar-refractivity contribution in [2.75, 3.05) is 39.3 Å². The Labute approximate surface area is 201 Å². The molecular weight excluding hydrogens is 439 g/mol. The highest BCUT2D eigenvalue weighted by Crippen LogP contribution is 2.39. The van der Waals surface area contributed by atoms with Crippen molar-refractivity contribution in [2.24, 2.45) is 11.8 Å². The molecule has 2 saturated heterocycles. The maximum atomic E-state index is 14.7. The average molecular weight is 475 g/mol. The Bertz CT molecular complexity index is 880. The molecule has 1 aliphatic carbocycles. The van der Waals surface area contributed by atoms with Crippen LogP contribution in [0.1, 0.15) is 50.6 Å². The van der Waals surface area contributed by atoms with E-state index in [0.29, 0.717) is 18.7 Å². The fourth-order valence-electron chi connectivity index (χ4n) is 4.99. The molecule has 0 bridgehead atoms. The molecule has 180 valence electrons. The van der Waals surface area contributed by atoms with Crippen molar-refractivity contribution in [3.05, 3.63) is 47.3 Å². The number of thiol groups is 1. The molecule has 3 aliphatic rings. The molecule has 0 radical (unpaired) electrons. The van der Waals surface area contributed by atoms with Gasteiger partial charge in [-0.3, -0.25) is 19.4 Å². The van der Waals surface area contributed by atoms with Gasteiger partial charge < -0.3 is 4.74 Å². The van der Waals surface area contributed by atoms with Crippen molar-refractivity contribution in [1.29, 1.82) is 0 Å². The number of halogens is 1. The Morgan fingerprint density at radius 3 is 2.52 bits per heavy atom. The molecule has 2 atom stereocenters. The second-order valence-corrected chi connectivity index (χ2v) is 10.1. The molecule has 3 fully saturated rings. The molecule has 2 unspecified atom stereocenters. The number of rotatable bonds is 8. The van der Waals surface area contributed by atoms with Crippen LogP contribution in [-0.2, 0) is 14.3 Å². The SMILES string of the molecule is CCOC(=O)C1CCN(C/C=C2/CN(C(C(=O)C3CC3)c3ccccc3F)CCC2S)CC1. The summed E-state index contributed by atoms with van der Waals surface area (Å²) in [4.78, 5) is 29.7. The molecule has 5 nitrogen and oxygen atoms in total. The zero-order chi connectivity index (χ0) is 23.4. The maximum Gasteiger partial charge on any atom is 0.309 e. The molecule has 33 heavy (non-hydrogen) atoms. The van der Waals surface area contributed by atoms with Crippen LogP contribution < -0.4 is 0 Å². The van der Waals surface area contributed by atoms with Crippen molar-refractivity contribution in [3.8, 4) is 0 Å². The largest absolute Gasteiger partial charge is 0.466 e. The third kappa shape index (κ3) is 6.06. The lowest BCUT2D eigenvalue weighted by Gasteiger charge is -2.38. The first kappa shape index (κ1) is 24.4. The van der Waals surface area contributed by atoms with Crippen molar-refractivity contribution in [1.82, 2.24) is 9.80 Å². The molecule has 4 rings (SSSR count). The minimum Gasteiger partial charge on any atom is -0.466 e. The van der Waals surface area contributed by atoms with Crippen LogP contribution in [0.2, 0.25) is 0 Å². The zero-order valence-corrected chi connectivity index (χ0v) is 20.3. The van der Waals surface area contributed by atoms with Crippen LogP contribution in [0.5, 0.6) is 0 Å². The van der Waals surface area contributed by atoms with Gasteiger partial charge in [0.2, 0.25) is 0 Å². The molecule has 2 aliphatic heterocycles. The van der Waals surface area contributed by atoms with E-state index < -0.39 is 6.04 Å². The van der Waals surface area contributed by atoms with E-state index in [1.165, 1.54) is 11.6 Å². The molecule has 0 amide bonds. The predicted molar refractivity (Wildman–Crippen MR) is 130 cm³/mol. The quantitative estimate of drug-likeness (QED) is 0.350. The topological polar surface area (TPSA) is 49.9 Å². The summed E-state index contributed by atoms with van der Waals surface area (Å²) in [5.41, 5.74) is 1.69. The number of likely N-dealkylation sites (tertiary alicyclic amines) is 2. The fraction of sp³-hybridized carbons (Fsp3) is 0.615. The summed E-state index contributed by atoms with van der Waals surface area (Å²) in [6, 6.07) is 6.17. The van der Waals surface area contributed by atoms with Crippen molar-refractivity contribution in [2.45, 2.75) is 50.3 Å². The number of Topliss-reactive ketones (excluding diaryl/α,β-unsaturated/α-hetero) is 1. The Hall–Kier alpha value is -1.70. The van der Waals surface area contributed by atoms with E-state index in [4.69, 9.17) is 17.4 Å². The van der Waals surface area contributed by atoms with Gasteiger partial charge in [-0.2, -0.15) is 12.6 Å². The van der Waals surface area contributed by atoms with E-state index in [0.717, 1.165) is 58.3 Å². The summed E-state index contributed by atoms with van der Waals surface area (Å²) in [5, 5.41) is 0.149. The van der Waals surface area contributed by atoms with Crippen LogP contribution in [0.15, 0.2) is 35.9 Å². The van der Waals surface area contributed by atoms with Crippen molar-refractivity contribution in [3.63, 3.8) is 0 Å². The normalized spacial score (nSPS) is 25.2. The highest BCUT2D eigenvalue weighted by atomic mass is 32.1. The van der Waals surface area contributed by atoms with E-state index in [2.05, 4.69) is 15.9 Å². The lowest BCUT2D eigenvalue weighted by molar-refractivity contribution is -0.149. The number of benzene rings is 1. The first-order valence-corrected chi connectivity index (χ1v) is 12.8. The van der Waals surface area contributed by atoms with E-state index in [1.54, 1.807) is 12.1 Å². The Kier molecular flexibility index (Phi) is 8.25. The van der Waals surface area contributed by atoms with Gasteiger partial charge in [0.05, 0.1) is 18.6 Å². The number of piperidine rings is 2. The van der Waals surface area contributed by atoms with Gasteiger partial charge in [0.1, 0.15) is 5.82 Å². The molecule has 0 spiro atoms. The van der Waals surface area contributed by atoms with E-state index in [-0.39, 0.29) is 34.7 Å². The predicted octanol–water partition coefficient (Wildman–Crippen LogP) is 4.05. The van der Waals surface area contributed by atoms with Gasteiger partial charge in [0.15, 0.2) is 5.78 Å². The number of ketones is 1. The first-order valence-electron chi connectivity index (χ1n) is 12.3. The number of esters is 1. The van der Waals surface area contributed by atoms with Crippen molar-refractivity contribution >= 4 is 24.4 Å². The summed E-state index contributed by atoms with van der Waals surface area (Å²) < 4.78 is 19.9. The van der Waals surface area contributed by atoms with Crippen LogP contribution in [-0.4, -0.2) is 66.1 Å². The number of carbonyl (C=O) groups excluding carboxylic acids is 2. The van der Waals surface area contributed by atoms with Gasteiger partial charge in [0, 0.05) is 36.4 Å². The van der Waals surface area contributed by atoms with E-state index in [9.17, 15) is 14.0 Å². The van der Waals surface area contributed by atoms with Gasteiger partial charge in [-0.1, -0.05) is 24.3 Å². The maximum absolute atomic E-state index is 14.7. The average Bonchev–Trinajstić information content (AvgIpc) is 3.66. The van der Waals surface area contributed by atoms with Gasteiger partial charge in [0.25, 0.3) is 0 Å².